The topological polar surface area (TPSA) is 69.7 Å². The van der Waals surface area contributed by atoms with Gasteiger partial charge in [-0.15, -0.1) is 0 Å². The second-order valence-corrected chi connectivity index (χ2v) is 7.65. The van der Waals surface area contributed by atoms with E-state index >= 15 is 0 Å². The Morgan fingerprint density at radius 3 is 2.24 bits per heavy atom. The average molecular weight is 365 g/mol. The molecule has 2 rings (SSSR count). The third-order valence-electron chi connectivity index (χ3n) is 3.45. The molecule has 0 aliphatic rings. The molecule has 1 N–H and O–H groups in total. The van der Waals surface area contributed by atoms with E-state index in [2.05, 4.69) is 5.32 Å². The van der Waals surface area contributed by atoms with Crippen molar-refractivity contribution < 1.29 is 17.6 Å². The van der Waals surface area contributed by atoms with Crippen molar-refractivity contribution in [1.82, 2.24) is 0 Å². The molecular weight excluding hydrogens is 345 g/mol. The highest BCUT2D eigenvalue weighted by Crippen LogP contribution is 2.19. The minimum absolute atomic E-state index is 0.0978. The summed E-state index contributed by atoms with van der Waals surface area (Å²) >= 11 is 0. The standard InChI is InChI=1S/C17H20FN3O3S/c1-20(2)15-9-7-14(8-10-15)19-17(22)12-21(25(3,23)24)16-6-4-5-13(18)11-16/h4-11H,12H2,1-3H3,(H,19,22). The molecule has 0 aromatic heterocycles. The van der Waals surface area contributed by atoms with Crippen LogP contribution in [0.2, 0.25) is 0 Å². The molecule has 0 spiro atoms. The van der Waals surface area contributed by atoms with Crippen molar-refractivity contribution in [3.8, 4) is 0 Å². The number of sulfonamides is 1. The first-order valence-corrected chi connectivity index (χ1v) is 9.32. The molecule has 2 aromatic rings. The van der Waals surface area contributed by atoms with Crippen LogP contribution in [-0.4, -0.2) is 41.2 Å². The van der Waals surface area contributed by atoms with E-state index in [9.17, 15) is 17.6 Å². The Kier molecular flexibility index (Phi) is 5.63. The number of nitrogens with one attached hydrogen (secondary N) is 1. The molecule has 25 heavy (non-hydrogen) atoms. The lowest BCUT2D eigenvalue weighted by Crippen LogP contribution is -2.37. The molecule has 0 unspecified atom stereocenters. The summed E-state index contributed by atoms with van der Waals surface area (Å²) in [4.78, 5) is 14.1. The lowest BCUT2D eigenvalue weighted by atomic mass is 10.2. The van der Waals surface area contributed by atoms with Crippen molar-refractivity contribution in [2.24, 2.45) is 0 Å². The van der Waals surface area contributed by atoms with Gasteiger partial charge in [0, 0.05) is 25.5 Å². The predicted molar refractivity (Wildman–Crippen MR) is 98.0 cm³/mol. The van der Waals surface area contributed by atoms with Crippen LogP contribution in [-0.2, 0) is 14.8 Å². The maximum Gasteiger partial charge on any atom is 0.245 e. The van der Waals surface area contributed by atoms with Crippen LogP contribution < -0.4 is 14.5 Å². The van der Waals surface area contributed by atoms with Crippen LogP contribution in [0.4, 0.5) is 21.5 Å². The smallest absolute Gasteiger partial charge is 0.245 e. The monoisotopic (exact) mass is 365 g/mol. The number of hydrogen-bond donors (Lipinski definition) is 1. The molecule has 8 heteroatoms. The van der Waals surface area contributed by atoms with Crippen molar-refractivity contribution in [3.05, 3.63) is 54.3 Å². The molecule has 0 aliphatic carbocycles. The van der Waals surface area contributed by atoms with E-state index in [0.29, 0.717) is 5.69 Å². The van der Waals surface area contributed by atoms with Gasteiger partial charge in [0.15, 0.2) is 0 Å². The van der Waals surface area contributed by atoms with Gasteiger partial charge in [0.05, 0.1) is 11.9 Å². The fourth-order valence-corrected chi connectivity index (χ4v) is 3.05. The second-order valence-electron chi connectivity index (χ2n) is 5.74. The van der Waals surface area contributed by atoms with Gasteiger partial charge in [-0.3, -0.25) is 9.10 Å². The molecule has 0 saturated carbocycles. The number of carbonyl (C=O) groups excluding carboxylic acids is 1. The quantitative estimate of drug-likeness (QED) is 0.853. The van der Waals surface area contributed by atoms with E-state index in [-0.39, 0.29) is 5.69 Å². The van der Waals surface area contributed by atoms with Crippen LogP contribution in [0.5, 0.6) is 0 Å². The lowest BCUT2D eigenvalue weighted by Gasteiger charge is -2.22. The van der Waals surface area contributed by atoms with Crippen LogP contribution in [0.1, 0.15) is 0 Å². The number of hydrogen-bond acceptors (Lipinski definition) is 4. The molecule has 0 radical (unpaired) electrons. The van der Waals surface area contributed by atoms with E-state index in [4.69, 9.17) is 0 Å². The summed E-state index contributed by atoms with van der Waals surface area (Å²) in [5, 5.41) is 2.64. The Hall–Kier alpha value is -2.61. The SMILES string of the molecule is CN(C)c1ccc(NC(=O)CN(c2cccc(F)c2)S(C)(=O)=O)cc1. The molecule has 2 aromatic carbocycles. The molecule has 1 amide bonds. The molecule has 0 bridgehead atoms. The van der Waals surface area contributed by atoms with Crippen molar-refractivity contribution in [1.29, 1.82) is 0 Å². The third kappa shape index (κ3) is 5.18. The van der Waals surface area contributed by atoms with Crippen LogP contribution in [0, 0.1) is 5.82 Å². The van der Waals surface area contributed by atoms with Crippen LogP contribution in [0.15, 0.2) is 48.5 Å². The zero-order valence-corrected chi connectivity index (χ0v) is 15.0. The fourth-order valence-electron chi connectivity index (χ4n) is 2.21. The van der Waals surface area contributed by atoms with Gasteiger partial charge in [-0.05, 0) is 42.5 Å². The van der Waals surface area contributed by atoms with Gasteiger partial charge in [-0.2, -0.15) is 0 Å². The molecule has 0 heterocycles. The van der Waals surface area contributed by atoms with Crippen LogP contribution in [0.25, 0.3) is 0 Å². The van der Waals surface area contributed by atoms with Gasteiger partial charge in [-0.25, -0.2) is 12.8 Å². The highest BCUT2D eigenvalue weighted by atomic mass is 32.2. The van der Waals surface area contributed by atoms with Gasteiger partial charge in [0.25, 0.3) is 0 Å². The van der Waals surface area contributed by atoms with Gasteiger partial charge >= 0.3 is 0 Å². The van der Waals surface area contributed by atoms with Crippen molar-refractivity contribution in [3.63, 3.8) is 0 Å². The third-order valence-corrected chi connectivity index (χ3v) is 4.59. The van der Waals surface area contributed by atoms with Gasteiger partial charge in [-0.1, -0.05) is 6.07 Å². The number of nitrogens with zero attached hydrogens (tertiary/aromatic N) is 2. The first kappa shape index (κ1) is 18.7. The highest BCUT2D eigenvalue weighted by Gasteiger charge is 2.21. The van der Waals surface area contributed by atoms with Crippen LogP contribution >= 0.6 is 0 Å². The Bertz CT molecular complexity index is 852. The van der Waals surface area contributed by atoms with Crippen LogP contribution in [0.3, 0.4) is 0 Å². The van der Waals surface area contributed by atoms with E-state index in [1.807, 2.05) is 31.1 Å². The Balaban J connectivity index is 2.15. The first-order chi connectivity index (χ1) is 11.7. The van der Waals surface area contributed by atoms with Gasteiger partial charge in [0.1, 0.15) is 12.4 Å². The number of amides is 1. The summed E-state index contributed by atoms with van der Waals surface area (Å²) in [6.45, 7) is -0.447. The molecule has 134 valence electrons. The number of halogens is 1. The fraction of sp³-hybridized carbons (Fsp3) is 0.235. The summed E-state index contributed by atoms with van der Waals surface area (Å²) in [7, 11) is 0.0579. The predicted octanol–water partition coefficient (Wildman–Crippen LogP) is 2.30. The molecule has 0 fully saturated rings. The first-order valence-electron chi connectivity index (χ1n) is 7.47. The lowest BCUT2D eigenvalue weighted by molar-refractivity contribution is -0.114. The average Bonchev–Trinajstić information content (AvgIpc) is 2.52. The Morgan fingerprint density at radius 2 is 1.72 bits per heavy atom. The van der Waals surface area contributed by atoms with Gasteiger partial charge in [0.2, 0.25) is 15.9 Å². The van der Waals surface area contributed by atoms with E-state index in [1.165, 1.54) is 18.2 Å². The zero-order chi connectivity index (χ0) is 18.6. The van der Waals surface area contributed by atoms with Crippen molar-refractivity contribution in [2.45, 2.75) is 0 Å². The zero-order valence-electron chi connectivity index (χ0n) is 14.2. The number of rotatable bonds is 6. The largest absolute Gasteiger partial charge is 0.378 e. The Morgan fingerprint density at radius 1 is 1.08 bits per heavy atom. The summed E-state index contributed by atoms with van der Waals surface area (Å²) in [5.74, 6) is -1.10. The molecule has 0 saturated heterocycles. The molecule has 0 atom stereocenters. The molecular formula is C17H20FN3O3S. The van der Waals surface area contributed by atoms with E-state index < -0.39 is 28.3 Å². The summed E-state index contributed by atoms with van der Waals surface area (Å²) in [6, 6.07) is 12.2. The molecule has 6 nitrogen and oxygen atoms in total. The van der Waals surface area contributed by atoms with E-state index in [0.717, 1.165) is 22.3 Å². The van der Waals surface area contributed by atoms with Crippen molar-refractivity contribution in [2.75, 3.05) is 41.4 Å². The molecule has 0 aliphatic heterocycles. The highest BCUT2D eigenvalue weighted by molar-refractivity contribution is 7.92. The summed E-state index contributed by atoms with van der Waals surface area (Å²) < 4.78 is 38.2. The Labute approximate surface area is 146 Å². The normalized spacial score (nSPS) is 11.0. The maximum absolute atomic E-state index is 13.4. The maximum atomic E-state index is 13.4. The number of benzene rings is 2. The number of carbonyl (C=O) groups is 1. The van der Waals surface area contributed by atoms with Crippen molar-refractivity contribution >= 4 is 33.0 Å². The summed E-state index contributed by atoms with van der Waals surface area (Å²) in [6.07, 6.45) is 0.969. The summed E-state index contributed by atoms with van der Waals surface area (Å²) in [5.41, 5.74) is 1.61. The second kappa shape index (κ2) is 7.52. The van der Waals surface area contributed by atoms with E-state index in [1.54, 1.807) is 12.1 Å². The number of anilines is 3. The minimum Gasteiger partial charge on any atom is -0.378 e. The van der Waals surface area contributed by atoms with Gasteiger partial charge < -0.3 is 10.2 Å². The minimum atomic E-state index is -3.74.